The summed E-state index contributed by atoms with van der Waals surface area (Å²) in [5.41, 5.74) is 3.67. The summed E-state index contributed by atoms with van der Waals surface area (Å²) in [7, 11) is 0. The lowest BCUT2D eigenvalue weighted by molar-refractivity contribution is 0.0952. The van der Waals surface area contributed by atoms with Gasteiger partial charge in [0, 0.05) is 36.6 Å². The van der Waals surface area contributed by atoms with Gasteiger partial charge >= 0.3 is 0 Å². The van der Waals surface area contributed by atoms with E-state index in [-0.39, 0.29) is 11.7 Å². The minimum atomic E-state index is -0.381. The van der Waals surface area contributed by atoms with E-state index in [1.54, 1.807) is 31.5 Å². The number of rotatable bonds is 5. The van der Waals surface area contributed by atoms with Crippen LogP contribution in [0.4, 0.5) is 4.39 Å². The molecule has 1 N–H and O–H groups in total. The van der Waals surface area contributed by atoms with E-state index in [1.165, 1.54) is 6.07 Å². The highest BCUT2D eigenvalue weighted by Gasteiger charge is 2.13. The largest absolute Gasteiger partial charge is 0.350 e. The van der Waals surface area contributed by atoms with Crippen molar-refractivity contribution in [2.24, 2.45) is 0 Å². The average Bonchev–Trinajstić information content (AvgIpc) is 3.09. The molecule has 0 atom stereocenters. The molecule has 140 valence electrons. The number of imidazole rings is 1. The molecular weight excluding hydrogens is 355 g/mol. The number of hydrogen-bond acceptors (Lipinski definition) is 3. The molecule has 0 bridgehead atoms. The van der Waals surface area contributed by atoms with E-state index >= 15 is 0 Å². The number of nitrogens with one attached hydrogen (secondary N) is 1. The molecule has 0 spiro atoms. The molecule has 4 aromatic rings. The Morgan fingerprint density at radius 1 is 1.11 bits per heavy atom. The Morgan fingerprint density at radius 3 is 2.68 bits per heavy atom. The molecular formula is C22H19FN4O. The van der Waals surface area contributed by atoms with Crippen molar-refractivity contribution in [2.75, 3.05) is 6.54 Å². The van der Waals surface area contributed by atoms with Crippen LogP contribution in [0.3, 0.4) is 0 Å². The maximum absolute atomic E-state index is 13.7. The zero-order chi connectivity index (χ0) is 19.5. The molecule has 0 unspecified atom stereocenters. The van der Waals surface area contributed by atoms with E-state index in [0.29, 0.717) is 24.2 Å². The molecule has 0 aliphatic carbocycles. The van der Waals surface area contributed by atoms with Crippen LogP contribution in [0.1, 0.15) is 15.9 Å². The monoisotopic (exact) mass is 374 g/mol. The van der Waals surface area contributed by atoms with Crippen molar-refractivity contribution < 1.29 is 9.18 Å². The van der Waals surface area contributed by atoms with Crippen LogP contribution in [0.25, 0.3) is 22.4 Å². The normalized spacial score (nSPS) is 10.9. The fraction of sp³-hybridized carbons (Fsp3) is 0.136. The van der Waals surface area contributed by atoms with Gasteiger partial charge in [0.1, 0.15) is 11.6 Å². The van der Waals surface area contributed by atoms with Crippen molar-refractivity contribution in [3.63, 3.8) is 0 Å². The van der Waals surface area contributed by atoms with Crippen molar-refractivity contribution in [1.82, 2.24) is 19.9 Å². The molecule has 5 nitrogen and oxygen atoms in total. The first-order valence-electron chi connectivity index (χ1n) is 9.03. The van der Waals surface area contributed by atoms with Crippen molar-refractivity contribution >= 4 is 16.9 Å². The molecule has 1 amide bonds. The number of hydrogen-bond donors (Lipinski definition) is 1. The minimum absolute atomic E-state index is 0.297. The summed E-state index contributed by atoms with van der Waals surface area (Å²) in [5, 5.41) is 2.86. The highest BCUT2D eigenvalue weighted by atomic mass is 19.1. The summed E-state index contributed by atoms with van der Waals surface area (Å²) in [6.07, 6.45) is 3.46. The Morgan fingerprint density at radius 2 is 1.89 bits per heavy atom. The fourth-order valence-electron chi connectivity index (χ4n) is 3.14. The van der Waals surface area contributed by atoms with Gasteiger partial charge in [-0.05, 0) is 48.9 Å². The summed E-state index contributed by atoms with van der Waals surface area (Å²) in [5.74, 6) is 0.140. The van der Waals surface area contributed by atoms with Crippen LogP contribution in [0.5, 0.6) is 0 Å². The summed E-state index contributed by atoms with van der Waals surface area (Å²) < 4.78 is 15.8. The molecule has 0 aliphatic rings. The quantitative estimate of drug-likeness (QED) is 0.575. The fourth-order valence-corrected chi connectivity index (χ4v) is 3.14. The second kappa shape index (κ2) is 7.60. The molecule has 28 heavy (non-hydrogen) atoms. The van der Waals surface area contributed by atoms with Gasteiger partial charge in [-0.25, -0.2) is 9.37 Å². The first kappa shape index (κ1) is 17.9. The first-order valence-corrected chi connectivity index (χ1v) is 9.03. The Labute approximate surface area is 161 Å². The van der Waals surface area contributed by atoms with Crippen molar-refractivity contribution in [3.8, 4) is 11.4 Å². The summed E-state index contributed by atoms with van der Waals surface area (Å²) in [4.78, 5) is 21.1. The number of aryl methyl sites for hydroxylation is 1. The first-order chi connectivity index (χ1) is 13.6. The number of benzene rings is 2. The van der Waals surface area contributed by atoms with Gasteiger partial charge in [-0.1, -0.05) is 18.2 Å². The molecule has 4 rings (SSSR count). The van der Waals surface area contributed by atoms with Crippen molar-refractivity contribution in [3.05, 3.63) is 83.9 Å². The van der Waals surface area contributed by atoms with E-state index in [4.69, 9.17) is 4.98 Å². The number of carbonyl (C=O) groups excluding carboxylic acids is 1. The smallest absolute Gasteiger partial charge is 0.251 e. The second-order valence-corrected chi connectivity index (χ2v) is 6.53. The van der Waals surface area contributed by atoms with Crippen LogP contribution in [-0.2, 0) is 6.54 Å². The van der Waals surface area contributed by atoms with E-state index < -0.39 is 0 Å². The predicted molar refractivity (Wildman–Crippen MR) is 106 cm³/mol. The third-order valence-electron chi connectivity index (χ3n) is 4.65. The lowest BCUT2D eigenvalue weighted by Crippen LogP contribution is -2.27. The van der Waals surface area contributed by atoms with Crippen LogP contribution in [0.2, 0.25) is 0 Å². The van der Waals surface area contributed by atoms with E-state index in [0.717, 1.165) is 22.4 Å². The number of halogens is 1. The highest BCUT2D eigenvalue weighted by Crippen LogP contribution is 2.24. The van der Waals surface area contributed by atoms with Crippen molar-refractivity contribution in [2.45, 2.75) is 13.5 Å². The second-order valence-electron chi connectivity index (χ2n) is 6.53. The Balaban J connectivity index is 1.56. The minimum Gasteiger partial charge on any atom is -0.350 e. The molecule has 0 saturated carbocycles. The van der Waals surface area contributed by atoms with Gasteiger partial charge in [-0.3, -0.25) is 9.78 Å². The van der Waals surface area contributed by atoms with Crippen molar-refractivity contribution in [1.29, 1.82) is 0 Å². The maximum Gasteiger partial charge on any atom is 0.251 e. The van der Waals surface area contributed by atoms with Gasteiger partial charge < -0.3 is 9.88 Å². The zero-order valence-electron chi connectivity index (χ0n) is 15.4. The maximum atomic E-state index is 13.7. The van der Waals surface area contributed by atoms with Crippen LogP contribution in [0, 0.1) is 12.7 Å². The van der Waals surface area contributed by atoms with Gasteiger partial charge in [-0.2, -0.15) is 0 Å². The lowest BCUT2D eigenvalue weighted by Gasteiger charge is -2.11. The summed E-state index contributed by atoms with van der Waals surface area (Å²) >= 11 is 0. The molecule has 0 aliphatic heterocycles. The molecule has 2 heterocycles. The highest BCUT2D eigenvalue weighted by molar-refractivity contribution is 5.94. The van der Waals surface area contributed by atoms with E-state index in [1.807, 2.05) is 36.4 Å². The number of fused-ring (bicyclic) bond motifs is 1. The Kier molecular flexibility index (Phi) is 4.85. The Bertz CT molecular complexity index is 1140. The van der Waals surface area contributed by atoms with Crippen LogP contribution in [0.15, 0.2) is 67.0 Å². The third kappa shape index (κ3) is 3.49. The van der Waals surface area contributed by atoms with Gasteiger partial charge in [0.25, 0.3) is 5.91 Å². The standard InChI is InChI=1S/C22H19FN4O/c1-15-6-7-17(14-18(15)23)22(28)25-12-13-27-20-5-3-2-4-19(20)26-21(27)16-8-10-24-11-9-16/h2-11,14H,12-13H2,1H3,(H,25,28). The average molecular weight is 374 g/mol. The van der Waals surface area contributed by atoms with Crippen LogP contribution >= 0.6 is 0 Å². The Hall–Kier alpha value is -3.54. The van der Waals surface area contributed by atoms with Gasteiger partial charge in [0.2, 0.25) is 0 Å². The topological polar surface area (TPSA) is 59.8 Å². The lowest BCUT2D eigenvalue weighted by atomic mass is 10.1. The third-order valence-corrected chi connectivity index (χ3v) is 4.65. The summed E-state index contributed by atoms with van der Waals surface area (Å²) in [6.45, 7) is 2.60. The number of para-hydroxylation sites is 2. The number of pyridine rings is 1. The molecule has 2 aromatic heterocycles. The van der Waals surface area contributed by atoms with Crippen LogP contribution in [-0.4, -0.2) is 27.0 Å². The number of amides is 1. The number of nitrogens with zero attached hydrogens (tertiary/aromatic N) is 3. The number of aromatic nitrogens is 3. The van der Waals surface area contributed by atoms with Crippen LogP contribution < -0.4 is 5.32 Å². The van der Waals surface area contributed by atoms with E-state index in [9.17, 15) is 9.18 Å². The number of carbonyl (C=O) groups is 1. The van der Waals surface area contributed by atoms with E-state index in [2.05, 4.69) is 14.9 Å². The predicted octanol–water partition coefficient (Wildman–Crippen LogP) is 3.98. The molecule has 0 saturated heterocycles. The zero-order valence-corrected chi connectivity index (χ0v) is 15.4. The molecule has 0 fully saturated rings. The van der Waals surface area contributed by atoms with Gasteiger partial charge in [0.15, 0.2) is 0 Å². The van der Waals surface area contributed by atoms with Gasteiger partial charge in [-0.15, -0.1) is 0 Å². The summed E-state index contributed by atoms with van der Waals surface area (Å²) in [6, 6.07) is 16.2. The molecule has 2 aromatic carbocycles. The molecule has 0 radical (unpaired) electrons. The SMILES string of the molecule is Cc1ccc(C(=O)NCCn2c(-c3ccncc3)nc3ccccc32)cc1F. The molecule has 6 heteroatoms. The van der Waals surface area contributed by atoms with Gasteiger partial charge in [0.05, 0.1) is 11.0 Å².